The highest BCUT2D eigenvalue weighted by Crippen LogP contribution is 2.59. The minimum atomic E-state index is -1.62. The second-order valence-corrected chi connectivity index (χ2v) is 34.2. The van der Waals surface area contributed by atoms with Gasteiger partial charge in [-0.25, -0.2) is 0 Å². The van der Waals surface area contributed by atoms with E-state index in [1.54, 1.807) is 155 Å². The van der Waals surface area contributed by atoms with Crippen LogP contribution < -0.4 is 37.9 Å². The van der Waals surface area contributed by atoms with Crippen LogP contribution in [-0.4, -0.2) is 132 Å². The predicted octanol–water partition coefficient (Wildman–Crippen LogP) is 21.7. The van der Waals surface area contributed by atoms with E-state index < -0.39 is 47.5 Å². The number of likely N-dealkylation sites (tertiary alicyclic amines) is 2. The van der Waals surface area contributed by atoms with Crippen LogP contribution in [0.5, 0.6) is 92.0 Å². The van der Waals surface area contributed by atoms with E-state index in [1.165, 1.54) is 12.5 Å². The lowest BCUT2D eigenvalue weighted by molar-refractivity contribution is -0.137. The highest BCUT2D eigenvalue weighted by Gasteiger charge is 2.50. The SMILES string of the molecule is O=C(C(c1ccco1)N1C(=O)c2cc(Oc3ccc(Oc4cccc(CC5CO5)c4)cc3)c3c4c(Oc5ccc(Oc6cccc(CC7CO7)c6)cc5)cc5c6c(cc(Oc7ccc(Oc8cccc(CC9CO9)c8)cc7)c(c7c(Oc8ccc(Oc9cccc(CC%10CO%10)c9)cc8)cc(c2c37)C1=O)c64)C(=O)N(C(C(=O)N1CCCCC1)c1ccco1)C5=O)N1CCCCC1. The Kier molecular flexibility index (Phi) is 20.5. The van der Waals surface area contributed by atoms with Crippen LogP contribution in [0, 0.1) is 0 Å². The molecule has 130 heavy (non-hydrogen) atoms. The predicted molar refractivity (Wildman–Crippen MR) is 478 cm³/mol. The van der Waals surface area contributed by atoms with Crippen LogP contribution >= 0.6 is 0 Å². The van der Waals surface area contributed by atoms with E-state index in [2.05, 4.69) is 0 Å². The van der Waals surface area contributed by atoms with Gasteiger partial charge in [-0.15, -0.1) is 0 Å². The molecule has 15 aromatic rings. The first-order valence-electron chi connectivity index (χ1n) is 44.2. The quantitative estimate of drug-likeness (QED) is 0.0175. The maximum atomic E-state index is 16.9. The van der Waals surface area contributed by atoms with Gasteiger partial charge in [0.2, 0.25) is 0 Å². The molecule has 10 heterocycles. The molecule has 8 aliphatic heterocycles. The van der Waals surface area contributed by atoms with Gasteiger partial charge in [0.15, 0.2) is 12.1 Å². The topological polar surface area (TPSA) is 266 Å². The van der Waals surface area contributed by atoms with Crippen LogP contribution in [0.15, 0.2) is 264 Å². The molecule has 6 fully saturated rings. The zero-order valence-corrected chi connectivity index (χ0v) is 70.4. The number of carbonyl (C=O) groups excluding carboxylic acids is 6. The molecule has 24 heteroatoms. The van der Waals surface area contributed by atoms with Gasteiger partial charge < -0.3 is 75.5 Å². The van der Waals surface area contributed by atoms with Crippen LogP contribution in [0.3, 0.4) is 0 Å². The summed E-state index contributed by atoms with van der Waals surface area (Å²) in [4.78, 5) is 104. The van der Waals surface area contributed by atoms with Crippen molar-refractivity contribution in [1.82, 2.24) is 19.6 Å². The molecule has 6 atom stereocenters. The molecule has 0 radical (unpaired) electrons. The van der Waals surface area contributed by atoms with E-state index >= 15 is 28.8 Å². The fourth-order valence-corrected chi connectivity index (χ4v) is 18.6. The minimum Gasteiger partial charge on any atom is -0.467 e. The monoisotopic (exact) mass is 1730 g/mol. The molecule has 2 aromatic heterocycles. The molecule has 6 saturated heterocycles. The van der Waals surface area contributed by atoms with Crippen molar-refractivity contribution in [2.45, 2.75) is 101 Å². The lowest BCUT2D eigenvalue weighted by atomic mass is 9.80. The molecule has 648 valence electrons. The standard InChI is InChI=1S/C106H84N4O20/c111-101-81-53-87(127-69-31-23-65(24-32-69)123-73-17-7-13-61(45-73)49-77-57-119-77)93-95-89(129-71-35-27-67(28-36-71)125-75-19-9-15-63(47-75)51-79-59-121-79)55-83-92-84(104(114)110(103(83)113)100(86-22-12-44-118-86)106(116)108-41-5-2-6-42-108)56-90(130-72-37-29-68(30-38-72)126-76-20-10-16-64(48-76)52-80-60-122-80)96(98(92)95)94-88(128-70-33-25-66(26-34-70)124-74-18-8-14-62(46-74)50-78-58-120-78)54-82(91(81)97(93)94)102(112)109(101)99(85-21-11-43-117-85)105(115)107-39-3-1-4-40-107/h7-38,43-48,53-56,77-80,99-100H,1-6,39-42,49-52,57-60H2. The highest BCUT2D eigenvalue weighted by atomic mass is 16.6. The number of benzene rings is 13. The van der Waals surface area contributed by atoms with Crippen molar-refractivity contribution in [2.75, 3.05) is 52.6 Å². The molecular formula is C106H84N4O20. The summed E-state index contributed by atoms with van der Waals surface area (Å²) in [6, 6.07) is 68.5. The number of amides is 6. The zero-order chi connectivity index (χ0) is 87.2. The molecular weight excluding hydrogens is 1650 g/mol. The highest BCUT2D eigenvalue weighted by molar-refractivity contribution is 6.45. The Morgan fingerprint density at radius 2 is 0.523 bits per heavy atom. The molecule has 0 bridgehead atoms. The normalized spacial score (nSPS) is 18.3. The number of carbonyl (C=O) groups is 6. The lowest BCUT2D eigenvalue weighted by Crippen LogP contribution is -2.50. The molecule has 23 rings (SSSR count). The Hall–Kier alpha value is -14.8. The zero-order valence-electron chi connectivity index (χ0n) is 70.4. The van der Waals surface area contributed by atoms with E-state index in [-0.39, 0.29) is 147 Å². The van der Waals surface area contributed by atoms with Gasteiger partial charge in [-0.3, -0.25) is 38.6 Å². The molecule has 8 aliphatic rings. The number of nitrogens with zero attached hydrogens (tertiary/aromatic N) is 4. The third-order valence-electron chi connectivity index (χ3n) is 25.1. The first kappa shape index (κ1) is 79.8. The lowest BCUT2D eigenvalue weighted by Gasteiger charge is -2.37. The Morgan fingerprint density at radius 1 is 0.277 bits per heavy atom. The largest absolute Gasteiger partial charge is 0.467 e. The molecule has 6 amide bonds. The molecule has 13 aromatic carbocycles. The summed E-state index contributed by atoms with van der Waals surface area (Å²) in [5.41, 5.74) is 3.89. The third kappa shape index (κ3) is 15.9. The summed E-state index contributed by atoms with van der Waals surface area (Å²) in [6.07, 6.45) is 10.8. The molecule has 6 unspecified atom stereocenters. The number of epoxide rings is 4. The summed E-state index contributed by atoms with van der Waals surface area (Å²) in [5.74, 6) is 0.673. The van der Waals surface area contributed by atoms with Gasteiger partial charge in [-0.1, -0.05) is 48.5 Å². The Balaban J connectivity index is 0.781. The first-order chi connectivity index (χ1) is 63.8. The number of hydrogen-bond acceptors (Lipinski definition) is 20. The van der Waals surface area contributed by atoms with Crippen LogP contribution in [0.25, 0.3) is 43.1 Å². The summed E-state index contributed by atoms with van der Waals surface area (Å²) >= 11 is 0. The molecule has 0 N–H and O–H groups in total. The average Bonchev–Trinajstić information content (AvgIpc) is 1.02. The van der Waals surface area contributed by atoms with Crippen molar-refractivity contribution >= 4 is 78.5 Å². The van der Waals surface area contributed by atoms with Gasteiger partial charge in [-0.05, 0) is 255 Å². The maximum absolute atomic E-state index is 16.9. The van der Waals surface area contributed by atoms with Gasteiger partial charge in [0.05, 0.1) is 85.6 Å². The molecule has 0 saturated carbocycles. The van der Waals surface area contributed by atoms with Gasteiger partial charge in [0.1, 0.15) is 104 Å². The fourth-order valence-electron chi connectivity index (χ4n) is 18.6. The minimum absolute atomic E-state index is 0.00899. The van der Waals surface area contributed by atoms with E-state index in [4.69, 9.17) is 65.7 Å². The fraction of sp³-hybridized carbons (Fsp3) is 0.226. The molecule has 24 nitrogen and oxygen atoms in total. The van der Waals surface area contributed by atoms with E-state index in [0.29, 0.717) is 124 Å². The number of fused-ring (bicyclic) bond motifs is 2. The van der Waals surface area contributed by atoms with Crippen molar-refractivity contribution < 1.29 is 94.4 Å². The van der Waals surface area contributed by atoms with Crippen molar-refractivity contribution in [3.8, 4) is 92.0 Å². The van der Waals surface area contributed by atoms with Crippen LogP contribution in [0.2, 0.25) is 0 Å². The van der Waals surface area contributed by atoms with Crippen LogP contribution in [-0.2, 0) is 54.2 Å². The van der Waals surface area contributed by atoms with E-state index in [1.807, 2.05) is 97.1 Å². The molecule has 0 aliphatic carbocycles. The number of imide groups is 2. The van der Waals surface area contributed by atoms with Crippen LogP contribution in [0.4, 0.5) is 0 Å². The van der Waals surface area contributed by atoms with Crippen molar-refractivity contribution in [3.63, 3.8) is 0 Å². The van der Waals surface area contributed by atoms with Crippen molar-refractivity contribution in [1.29, 1.82) is 0 Å². The number of ether oxygens (including phenoxy) is 12. The Labute approximate surface area is 745 Å². The smallest absolute Gasteiger partial charge is 0.262 e. The Morgan fingerprint density at radius 3 is 0.754 bits per heavy atom. The second-order valence-electron chi connectivity index (χ2n) is 34.2. The number of rotatable bonds is 30. The number of piperidine rings is 2. The van der Waals surface area contributed by atoms with Gasteiger partial charge in [0, 0.05) is 95.0 Å². The average molecular weight is 1730 g/mol. The van der Waals surface area contributed by atoms with Crippen LogP contribution in [0.1, 0.15) is 126 Å². The summed E-state index contributed by atoms with van der Waals surface area (Å²) in [6.45, 7) is 4.23. The van der Waals surface area contributed by atoms with Gasteiger partial charge in [0.25, 0.3) is 35.4 Å². The maximum Gasteiger partial charge on any atom is 0.262 e. The third-order valence-corrected chi connectivity index (χ3v) is 25.1. The van der Waals surface area contributed by atoms with Crippen molar-refractivity contribution in [3.05, 3.63) is 311 Å². The number of furan rings is 2. The van der Waals surface area contributed by atoms with E-state index in [0.717, 1.165) is 70.6 Å². The Bertz CT molecular complexity index is 6200. The summed E-state index contributed by atoms with van der Waals surface area (Å²) < 4.78 is 90.8. The number of hydrogen-bond donors (Lipinski definition) is 0. The second kappa shape index (κ2) is 33.4. The first-order valence-corrected chi connectivity index (χ1v) is 44.2. The molecule has 0 spiro atoms. The van der Waals surface area contributed by atoms with Gasteiger partial charge in [-0.2, -0.15) is 0 Å². The summed E-state index contributed by atoms with van der Waals surface area (Å²) in [7, 11) is 0. The van der Waals surface area contributed by atoms with E-state index in [9.17, 15) is 0 Å². The van der Waals surface area contributed by atoms with Gasteiger partial charge >= 0.3 is 0 Å². The summed E-state index contributed by atoms with van der Waals surface area (Å²) in [5, 5.41) is 1.36. The van der Waals surface area contributed by atoms with Crippen molar-refractivity contribution in [2.24, 2.45) is 0 Å².